The van der Waals surface area contributed by atoms with Gasteiger partial charge in [0, 0.05) is 28.0 Å². The molecule has 2 aromatic carbocycles. The van der Waals surface area contributed by atoms with Gasteiger partial charge in [0.25, 0.3) is 5.91 Å². The molecule has 1 aliphatic rings. The molecule has 4 rings (SSSR count). The lowest BCUT2D eigenvalue weighted by Crippen LogP contribution is -2.43. The third kappa shape index (κ3) is 5.56. The van der Waals surface area contributed by atoms with E-state index < -0.39 is 0 Å². The van der Waals surface area contributed by atoms with Gasteiger partial charge in [-0.1, -0.05) is 29.8 Å². The van der Waals surface area contributed by atoms with Crippen LogP contribution in [0.25, 0.3) is 0 Å². The van der Waals surface area contributed by atoms with Crippen molar-refractivity contribution < 1.29 is 14.0 Å². The molecule has 7 heteroatoms. The smallest absolute Gasteiger partial charge is 0.254 e. The molecule has 0 unspecified atom stereocenters. The first-order valence-electron chi connectivity index (χ1n) is 10.5. The van der Waals surface area contributed by atoms with E-state index in [0.717, 1.165) is 28.8 Å². The minimum absolute atomic E-state index is 0.00162. The quantitative estimate of drug-likeness (QED) is 0.424. The van der Waals surface area contributed by atoms with E-state index >= 15 is 0 Å². The molecule has 1 saturated carbocycles. The standard InChI is InChI=1S/C25H24ClFN2O2S/c1-17-11-12-32-23(17)15-28(14-18-5-7-21(27)8-6-18)24(30)16-29(22-9-10-22)25(31)19-3-2-4-20(26)13-19/h2-8,11-13,22H,9-10,14-16H2,1H3. The van der Waals surface area contributed by atoms with Crippen LogP contribution in [0.2, 0.25) is 5.02 Å². The second-order valence-corrected chi connectivity index (χ2v) is 9.51. The Kier molecular flexibility index (Phi) is 6.92. The van der Waals surface area contributed by atoms with Gasteiger partial charge in [-0.05, 0) is 72.7 Å². The Hall–Kier alpha value is -2.70. The molecule has 0 bridgehead atoms. The highest BCUT2D eigenvalue weighted by Gasteiger charge is 2.35. The average molecular weight is 471 g/mol. The summed E-state index contributed by atoms with van der Waals surface area (Å²) in [4.78, 5) is 31.1. The molecular formula is C25H24ClFN2O2S. The lowest BCUT2D eigenvalue weighted by Gasteiger charge is -2.28. The topological polar surface area (TPSA) is 40.6 Å². The van der Waals surface area contributed by atoms with Crippen molar-refractivity contribution in [3.05, 3.63) is 92.4 Å². The van der Waals surface area contributed by atoms with Crippen molar-refractivity contribution in [3.63, 3.8) is 0 Å². The summed E-state index contributed by atoms with van der Waals surface area (Å²) in [7, 11) is 0. The van der Waals surface area contributed by atoms with E-state index in [4.69, 9.17) is 11.6 Å². The molecule has 0 saturated heterocycles. The maximum Gasteiger partial charge on any atom is 0.254 e. The second kappa shape index (κ2) is 9.84. The van der Waals surface area contributed by atoms with Crippen molar-refractivity contribution >= 4 is 34.8 Å². The Labute approximate surface area is 196 Å². The fraction of sp³-hybridized carbons (Fsp3) is 0.280. The molecule has 166 valence electrons. The van der Waals surface area contributed by atoms with Crippen LogP contribution < -0.4 is 0 Å². The molecule has 0 radical (unpaired) electrons. The molecule has 1 aliphatic carbocycles. The molecule has 1 aromatic heterocycles. The number of carbonyl (C=O) groups excluding carboxylic acids is 2. The van der Waals surface area contributed by atoms with E-state index in [0.29, 0.717) is 23.7 Å². The van der Waals surface area contributed by atoms with Crippen LogP contribution in [0.5, 0.6) is 0 Å². The van der Waals surface area contributed by atoms with Crippen molar-refractivity contribution in [2.45, 2.75) is 38.9 Å². The first-order valence-corrected chi connectivity index (χ1v) is 11.8. The SMILES string of the molecule is Cc1ccsc1CN(Cc1ccc(F)cc1)C(=O)CN(C(=O)c1cccc(Cl)c1)C1CC1. The first kappa shape index (κ1) is 22.5. The van der Waals surface area contributed by atoms with E-state index in [2.05, 4.69) is 0 Å². The zero-order valence-corrected chi connectivity index (χ0v) is 19.3. The van der Waals surface area contributed by atoms with Crippen LogP contribution in [0.15, 0.2) is 60.0 Å². The molecule has 2 amide bonds. The maximum atomic E-state index is 13.4. The van der Waals surface area contributed by atoms with Gasteiger partial charge in [-0.15, -0.1) is 11.3 Å². The lowest BCUT2D eigenvalue weighted by molar-refractivity contribution is -0.133. The molecule has 1 fully saturated rings. The van der Waals surface area contributed by atoms with Crippen molar-refractivity contribution in [3.8, 4) is 0 Å². The molecule has 0 atom stereocenters. The monoisotopic (exact) mass is 470 g/mol. The number of thiophene rings is 1. The van der Waals surface area contributed by atoms with Crippen molar-refractivity contribution in [1.29, 1.82) is 0 Å². The summed E-state index contributed by atoms with van der Waals surface area (Å²) in [6.07, 6.45) is 1.78. The van der Waals surface area contributed by atoms with Crippen molar-refractivity contribution in [1.82, 2.24) is 9.80 Å². The predicted octanol–water partition coefficient (Wildman–Crippen LogP) is 5.68. The molecule has 0 N–H and O–H groups in total. The first-order chi connectivity index (χ1) is 15.4. The van der Waals surface area contributed by atoms with Gasteiger partial charge in [-0.25, -0.2) is 4.39 Å². The second-order valence-electron chi connectivity index (χ2n) is 8.08. The van der Waals surface area contributed by atoms with Crippen LogP contribution in [0.4, 0.5) is 4.39 Å². The lowest BCUT2D eigenvalue weighted by atomic mass is 10.1. The van der Waals surface area contributed by atoms with Crippen LogP contribution >= 0.6 is 22.9 Å². The van der Waals surface area contributed by atoms with Gasteiger partial charge in [0.1, 0.15) is 12.4 Å². The van der Waals surface area contributed by atoms with Gasteiger partial charge in [-0.2, -0.15) is 0 Å². The minimum atomic E-state index is -0.312. The summed E-state index contributed by atoms with van der Waals surface area (Å²) in [6.45, 7) is 2.82. The number of benzene rings is 2. The minimum Gasteiger partial charge on any atom is -0.332 e. The molecule has 1 heterocycles. The molecule has 0 aliphatic heterocycles. The van der Waals surface area contributed by atoms with Gasteiger partial charge in [0.05, 0.1) is 6.54 Å². The van der Waals surface area contributed by atoms with Crippen molar-refractivity contribution in [2.24, 2.45) is 0 Å². The average Bonchev–Trinajstić information content (AvgIpc) is 3.54. The highest BCUT2D eigenvalue weighted by Crippen LogP contribution is 2.29. The Bertz CT molecular complexity index is 1110. The van der Waals surface area contributed by atoms with E-state index in [1.807, 2.05) is 18.4 Å². The summed E-state index contributed by atoms with van der Waals surface area (Å²) < 4.78 is 13.4. The van der Waals surface area contributed by atoms with E-state index in [9.17, 15) is 14.0 Å². The predicted molar refractivity (Wildman–Crippen MR) is 125 cm³/mol. The summed E-state index contributed by atoms with van der Waals surface area (Å²) in [5.74, 6) is -0.630. The third-order valence-corrected chi connectivity index (χ3v) is 6.81. The summed E-state index contributed by atoms with van der Waals surface area (Å²) in [5.41, 5.74) is 2.45. The van der Waals surface area contributed by atoms with Gasteiger partial charge >= 0.3 is 0 Å². The Morgan fingerprint density at radius 3 is 2.47 bits per heavy atom. The molecule has 3 aromatic rings. The number of hydrogen-bond acceptors (Lipinski definition) is 3. The Balaban J connectivity index is 1.55. The summed E-state index contributed by atoms with van der Waals surface area (Å²) in [6, 6.07) is 15.1. The Morgan fingerprint density at radius 1 is 1.09 bits per heavy atom. The normalized spacial score (nSPS) is 13.1. The Morgan fingerprint density at radius 2 is 1.84 bits per heavy atom. The van der Waals surface area contributed by atoms with Gasteiger partial charge in [0.15, 0.2) is 0 Å². The van der Waals surface area contributed by atoms with E-state index in [1.54, 1.807) is 57.5 Å². The van der Waals surface area contributed by atoms with E-state index in [1.165, 1.54) is 12.1 Å². The maximum absolute atomic E-state index is 13.4. The van der Waals surface area contributed by atoms with Crippen LogP contribution in [0.1, 0.15) is 39.2 Å². The third-order valence-electron chi connectivity index (χ3n) is 5.57. The van der Waals surface area contributed by atoms with Crippen molar-refractivity contribution in [2.75, 3.05) is 6.54 Å². The molecule has 4 nitrogen and oxygen atoms in total. The fourth-order valence-electron chi connectivity index (χ4n) is 3.57. The van der Waals surface area contributed by atoms with Crippen LogP contribution in [0, 0.1) is 12.7 Å². The number of nitrogens with zero attached hydrogens (tertiary/aromatic N) is 2. The zero-order valence-electron chi connectivity index (χ0n) is 17.8. The number of halogens is 2. The number of aryl methyl sites for hydroxylation is 1. The van der Waals surface area contributed by atoms with E-state index in [-0.39, 0.29) is 30.2 Å². The molecule has 0 spiro atoms. The molecule has 32 heavy (non-hydrogen) atoms. The number of rotatable bonds is 8. The van der Waals surface area contributed by atoms with Crippen LogP contribution in [-0.2, 0) is 17.9 Å². The summed E-state index contributed by atoms with van der Waals surface area (Å²) in [5, 5.41) is 2.49. The number of carbonyl (C=O) groups is 2. The largest absolute Gasteiger partial charge is 0.332 e. The van der Waals surface area contributed by atoms with Gasteiger partial charge < -0.3 is 9.80 Å². The number of amides is 2. The molecular weight excluding hydrogens is 447 g/mol. The highest BCUT2D eigenvalue weighted by atomic mass is 35.5. The fourth-order valence-corrected chi connectivity index (χ4v) is 4.68. The van der Waals surface area contributed by atoms with Crippen LogP contribution in [0.3, 0.4) is 0 Å². The number of hydrogen-bond donors (Lipinski definition) is 0. The van der Waals surface area contributed by atoms with Gasteiger partial charge in [0.2, 0.25) is 5.91 Å². The highest BCUT2D eigenvalue weighted by molar-refractivity contribution is 7.10. The van der Waals surface area contributed by atoms with Crippen LogP contribution in [-0.4, -0.2) is 34.2 Å². The zero-order chi connectivity index (χ0) is 22.7. The van der Waals surface area contributed by atoms with Gasteiger partial charge in [-0.3, -0.25) is 9.59 Å². The summed E-state index contributed by atoms with van der Waals surface area (Å²) >= 11 is 7.67.